The SMILES string of the molecule is Nc1ccc(-c2ncn(-c3ncnc4ccsc34)n2)cc1. The summed E-state index contributed by atoms with van der Waals surface area (Å²) in [4.78, 5) is 12.9. The molecule has 3 heterocycles. The van der Waals surface area contributed by atoms with Crippen LogP contribution >= 0.6 is 11.3 Å². The molecule has 0 aliphatic rings. The largest absolute Gasteiger partial charge is 0.399 e. The summed E-state index contributed by atoms with van der Waals surface area (Å²) < 4.78 is 2.66. The molecule has 0 unspecified atom stereocenters. The zero-order valence-corrected chi connectivity index (χ0v) is 11.7. The topological polar surface area (TPSA) is 82.5 Å². The second kappa shape index (κ2) is 4.64. The van der Waals surface area contributed by atoms with E-state index < -0.39 is 0 Å². The molecule has 1 aromatic carbocycles. The number of nitrogens with two attached hydrogens (primary N) is 1. The highest BCUT2D eigenvalue weighted by atomic mass is 32.1. The molecule has 4 aromatic rings. The average Bonchev–Trinajstić information content (AvgIpc) is 3.16. The van der Waals surface area contributed by atoms with Gasteiger partial charge >= 0.3 is 0 Å². The monoisotopic (exact) mass is 294 g/mol. The fourth-order valence-electron chi connectivity index (χ4n) is 2.07. The Morgan fingerprint density at radius 2 is 1.86 bits per heavy atom. The number of benzene rings is 1. The maximum Gasteiger partial charge on any atom is 0.181 e. The molecule has 0 amide bonds. The van der Waals surface area contributed by atoms with Crippen molar-refractivity contribution in [1.29, 1.82) is 0 Å². The molecule has 0 saturated heterocycles. The van der Waals surface area contributed by atoms with Crippen LogP contribution in [0.5, 0.6) is 0 Å². The van der Waals surface area contributed by atoms with Crippen molar-refractivity contribution in [3.05, 3.63) is 48.4 Å². The van der Waals surface area contributed by atoms with E-state index in [1.807, 2.05) is 35.7 Å². The third-order valence-corrected chi connectivity index (χ3v) is 4.00. The predicted molar refractivity (Wildman–Crippen MR) is 82.2 cm³/mol. The van der Waals surface area contributed by atoms with Gasteiger partial charge < -0.3 is 5.73 Å². The van der Waals surface area contributed by atoms with Gasteiger partial charge in [-0.05, 0) is 35.7 Å². The summed E-state index contributed by atoms with van der Waals surface area (Å²) in [5.74, 6) is 1.38. The predicted octanol–water partition coefficient (Wildman–Crippen LogP) is 2.52. The van der Waals surface area contributed by atoms with Crippen molar-refractivity contribution in [3.63, 3.8) is 0 Å². The first-order valence-electron chi connectivity index (χ1n) is 6.27. The van der Waals surface area contributed by atoms with Gasteiger partial charge in [0, 0.05) is 11.3 Å². The van der Waals surface area contributed by atoms with Gasteiger partial charge in [-0.1, -0.05) is 0 Å². The van der Waals surface area contributed by atoms with Gasteiger partial charge in [-0.15, -0.1) is 16.4 Å². The molecule has 0 aliphatic carbocycles. The molecule has 0 fully saturated rings. The zero-order chi connectivity index (χ0) is 14.2. The number of fused-ring (bicyclic) bond motifs is 1. The van der Waals surface area contributed by atoms with Crippen LogP contribution in [-0.2, 0) is 0 Å². The maximum atomic E-state index is 5.69. The minimum Gasteiger partial charge on any atom is -0.399 e. The van der Waals surface area contributed by atoms with Gasteiger partial charge in [-0.25, -0.2) is 19.6 Å². The van der Waals surface area contributed by atoms with E-state index in [0.29, 0.717) is 11.5 Å². The van der Waals surface area contributed by atoms with Crippen LogP contribution in [0.25, 0.3) is 27.4 Å². The Morgan fingerprint density at radius 3 is 2.71 bits per heavy atom. The van der Waals surface area contributed by atoms with Gasteiger partial charge in [-0.3, -0.25) is 0 Å². The van der Waals surface area contributed by atoms with Crippen LogP contribution in [0.15, 0.2) is 48.4 Å². The van der Waals surface area contributed by atoms with Crippen LogP contribution in [0, 0.1) is 0 Å². The molecule has 102 valence electrons. The van der Waals surface area contributed by atoms with E-state index in [2.05, 4.69) is 20.1 Å². The lowest BCUT2D eigenvalue weighted by Crippen LogP contribution is -1.99. The van der Waals surface area contributed by atoms with E-state index >= 15 is 0 Å². The molecule has 6 nitrogen and oxygen atoms in total. The van der Waals surface area contributed by atoms with Gasteiger partial charge in [0.25, 0.3) is 0 Å². The van der Waals surface area contributed by atoms with Gasteiger partial charge in [0.15, 0.2) is 11.6 Å². The van der Waals surface area contributed by atoms with E-state index in [1.165, 1.54) is 6.33 Å². The van der Waals surface area contributed by atoms with Gasteiger partial charge in [0.05, 0.1) is 10.2 Å². The summed E-state index contributed by atoms with van der Waals surface area (Å²) in [6.07, 6.45) is 3.20. The van der Waals surface area contributed by atoms with Crippen LogP contribution in [0.3, 0.4) is 0 Å². The summed E-state index contributed by atoms with van der Waals surface area (Å²) in [7, 11) is 0. The molecule has 0 atom stereocenters. The fourth-order valence-corrected chi connectivity index (χ4v) is 2.89. The second-order valence-corrected chi connectivity index (χ2v) is 5.38. The Morgan fingerprint density at radius 1 is 1.00 bits per heavy atom. The Kier molecular flexibility index (Phi) is 2.65. The first-order chi connectivity index (χ1) is 10.3. The molecule has 7 heteroatoms. The van der Waals surface area contributed by atoms with E-state index in [-0.39, 0.29) is 0 Å². The molecule has 0 bridgehead atoms. The molecule has 2 N–H and O–H groups in total. The lowest BCUT2D eigenvalue weighted by molar-refractivity contribution is 0.854. The quantitative estimate of drug-likeness (QED) is 0.574. The summed E-state index contributed by atoms with van der Waals surface area (Å²) in [5, 5.41) is 6.48. The number of aromatic nitrogens is 5. The molecule has 21 heavy (non-hydrogen) atoms. The van der Waals surface area contributed by atoms with Crippen LogP contribution in [0.4, 0.5) is 5.69 Å². The molecule has 0 aliphatic heterocycles. The molecule has 4 rings (SSSR count). The molecule has 3 aromatic heterocycles. The lowest BCUT2D eigenvalue weighted by Gasteiger charge is -2.00. The standard InChI is InChI=1S/C14H10N6S/c15-10-3-1-9(2-4-10)13-18-8-20(19-13)14-12-11(5-6-21-12)16-7-17-14/h1-8H,15H2. The number of nitrogens with zero attached hydrogens (tertiary/aromatic N) is 5. The molecular weight excluding hydrogens is 284 g/mol. The highest BCUT2D eigenvalue weighted by Gasteiger charge is 2.10. The van der Waals surface area contributed by atoms with Crippen molar-refractivity contribution in [1.82, 2.24) is 24.7 Å². The maximum absolute atomic E-state index is 5.69. The van der Waals surface area contributed by atoms with E-state index in [9.17, 15) is 0 Å². The first-order valence-corrected chi connectivity index (χ1v) is 7.15. The van der Waals surface area contributed by atoms with Gasteiger partial charge in [-0.2, -0.15) is 0 Å². The first kappa shape index (κ1) is 12.0. The average molecular weight is 294 g/mol. The number of nitrogen functional groups attached to an aromatic ring is 1. The van der Waals surface area contributed by atoms with Gasteiger partial charge in [0.2, 0.25) is 0 Å². The highest BCUT2D eigenvalue weighted by Crippen LogP contribution is 2.24. The van der Waals surface area contributed by atoms with Crippen molar-refractivity contribution >= 4 is 27.2 Å². The molecule has 0 spiro atoms. The van der Waals surface area contributed by atoms with Crippen molar-refractivity contribution in [3.8, 4) is 17.2 Å². The summed E-state index contributed by atoms with van der Waals surface area (Å²) in [6, 6.07) is 9.42. The van der Waals surface area contributed by atoms with Crippen LogP contribution in [0.1, 0.15) is 0 Å². The molecular formula is C14H10N6S. The van der Waals surface area contributed by atoms with Crippen molar-refractivity contribution < 1.29 is 0 Å². The van der Waals surface area contributed by atoms with Crippen molar-refractivity contribution in [2.45, 2.75) is 0 Å². The number of hydrogen-bond donors (Lipinski definition) is 1. The smallest absolute Gasteiger partial charge is 0.181 e. The van der Waals surface area contributed by atoms with E-state index in [0.717, 1.165) is 21.6 Å². The minimum atomic E-state index is 0.637. The van der Waals surface area contributed by atoms with E-state index in [4.69, 9.17) is 5.73 Å². The number of hydrogen-bond acceptors (Lipinski definition) is 6. The number of thiophene rings is 1. The highest BCUT2D eigenvalue weighted by molar-refractivity contribution is 7.17. The fraction of sp³-hybridized carbons (Fsp3) is 0. The normalized spacial score (nSPS) is 11.0. The Hall–Kier alpha value is -2.80. The number of anilines is 1. The summed E-state index contributed by atoms with van der Waals surface area (Å²) in [6.45, 7) is 0. The molecule has 0 saturated carbocycles. The van der Waals surface area contributed by atoms with Crippen molar-refractivity contribution in [2.24, 2.45) is 0 Å². The van der Waals surface area contributed by atoms with Crippen LogP contribution in [-0.4, -0.2) is 24.7 Å². The molecule has 0 radical (unpaired) electrons. The minimum absolute atomic E-state index is 0.637. The van der Waals surface area contributed by atoms with Crippen LogP contribution in [0.2, 0.25) is 0 Å². The third kappa shape index (κ3) is 2.03. The van der Waals surface area contributed by atoms with Gasteiger partial charge in [0.1, 0.15) is 12.7 Å². The summed E-state index contributed by atoms with van der Waals surface area (Å²) >= 11 is 1.59. The third-order valence-electron chi connectivity index (χ3n) is 3.10. The van der Waals surface area contributed by atoms with Crippen molar-refractivity contribution in [2.75, 3.05) is 5.73 Å². The Bertz CT molecular complexity index is 909. The Labute approximate surface area is 123 Å². The van der Waals surface area contributed by atoms with E-state index in [1.54, 1.807) is 22.3 Å². The number of rotatable bonds is 2. The Balaban J connectivity index is 1.81. The summed E-state index contributed by atoms with van der Waals surface area (Å²) in [5.41, 5.74) is 8.23. The zero-order valence-electron chi connectivity index (χ0n) is 10.8. The lowest BCUT2D eigenvalue weighted by atomic mass is 10.2. The van der Waals surface area contributed by atoms with Crippen LogP contribution < -0.4 is 5.73 Å². The second-order valence-electron chi connectivity index (χ2n) is 4.47.